The number of nitrogens with zero attached hydrogens (tertiary/aromatic N) is 1. The van der Waals surface area contributed by atoms with Gasteiger partial charge in [0.15, 0.2) is 0 Å². The standard InChI is InChI=1S/C16H22N2O2S/c1-3-10-18(13-14-8-9-14)21(19,20)16-7-5-6-15(11-16)12-17-4-2/h1,5-7,11,14,17H,4,8-10,12-13H2,2H3. The predicted octanol–water partition coefficient (Wildman–Crippen LogP) is 1.83. The molecule has 0 bridgehead atoms. The van der Waals surface area contributed by atoms with Crippen LogP contribution in [0.1, 0.15) is 25.3 Å². The van der Waals surface area contributed by atoms with E-state index in [9.17, 15) is 8.42 Å². The van der Waals surface area contributed by atoms with Crippen molar-refractivity contribution in [2.45, 2.75) is 31.2 Å². The van der Waals surface area contributed by atoms with Crippen LogP contribution < -0.4 is 5.32 Å². The number of rotatable bonds is 8. The Balaban J connectivity index is 2.21. The Morgan fingerprint density at radius 1 is 1.43 bits per heavy atom. The molecule has 1 aliphatic rings. The maximum atomic E-state index is 12.7. The molecule has 1 aromatic carbocycles. The Hall–Kier alpha value is -1.35. The minimum absolute atomic E-state index is 0.135. The third kappa shape index (κ3) is 4.31. The van der Waals surface area contributed by atoms with Crippen molar-refractivity contribution in [3.8, 4) is 12.3 Å². The maximum absolute atomic E-state index is 12.7. The molecule has 5 heteroatoms. The summed E-state index contributed by atoms with van der Waals surface area (Å²) in [5.74, 6) is 2.93. The van der Waals surface area contributed by atoms with E-state index in [1.807, 2.05) is 13.0 Å². The van der Waals surface area contributed by atoms with Crippen LogP contribution in [0.15, 0.2) is 29.2 Å². The van der Waals surface area contributed by atoms with Crippen molar-refractivity contribution in [2.24, 2.45) is 5.92 Å². The summed E-state index contributed by atoms with van der Waals surface area (Å²) in [6, 6.07) is 7.08. The van der Waals surface area contributed by atoms with Crippen LogP contribution in [-0.2, 0) is 16.6 Å². The predicted molar refractivity (Wildman–Crippen MR) is 84.1 cm³/mol. The van der Waals surface area contributed by atoms with Gasteiger partial charge in [-0.15, -0.1) is 6.42 Å². The second-order valence-corrected chi connectivity index (χ2v) is 7.31. The molecule has 0 aliphatic heterocycles. The van der Waals surface area contributed by atoms with Gasteiger partial charge in [0.05, 0.1) is 11.4 Å². The average molecular weight is 306 g/mol. The van der Waals surface area contributed by atoms with Gasteiger partial charge in [0.25, 0.3) is 0 Å². The van der Waals surface area contributed by atoms with Crippen molar-refractivity contribution < 1.29 is 8.42 Å². The van der Waals surface area contributed by atoms with Crippen LogP contribution in [0.2, 0.25) is 0 Å². The quantitative estimate of drug-likeness (QED) is 0.746. The summed E-state index contributed by atoms with van der Waals surface area (Å²) in [6.45, 7) is 4.20. The highest BCUT2D eigenvalue weighted by Gasteiger charge is 2.31. The van der Waals surface area contributed by atoms with Gasteiger partial charge in [-0.25, -0.2) is 8.42 Å². The molecule has 2 rings (SSSR count). The molecule has 0 amide bonds. The molecule has 0 unspecified atom stereocenters. The van der Waals surface area contributed by atoms with Crippen molar-refractivity contribution in [3.05, 3.63) is 29.8 Å². The number of terminal acetylenes is 1. The second-order valence-electron chi connectivity index (χ2n) is 5.37. The molecular weight excluding hydrogens is 284 g/mol. The van der Waals surface area contributed by atoms with Gasteiger partial charge in [0.1, 0.15) is 0 Å². The van der Waals surface area contributed by atoms with E-state index in [4.69, 9.17) is 6.42 Å². The molecule has 0 radical (unpaired) electrons. The summed E-state index contributed by atoms with van der Waals surface area (Å²) in [7, 11) is -3.50. The van der Waals surface area contributed by atoms with Gasteiger partial charge >= 0.3 is 0 Å². The summed E-state index contributed by atoms with van der Waals surface area (Å²) >= 11 is 0. The summed E-state index contributed by atoms with van der Waals surface area (Å²) in [6.07, 6.45) is 7.52. The number of sulfonamides is 1. The van der Waals surface area contributed by atoms with Crippen molar-refractivity contribution >= 4 is 10.0 Å². The van der Waals surface area contributed by atoms with Crippen LogP contribution in [0.25, 0.3) is 0 Å². The molecule has 1 aliphatic carbocycles. The third-order valence-electron chi connectivity index (χ3n) is 3.54. The summed E-state index contributed by atoms with van der Waals surface area (Å²) < 4.78 is 26.9. The second kappa shape index (κ2) is 7.08. The normalized spacial score (nSPS) is 15.1. The van der Waals surface area contributed by atoms with Crippen molar-refractivity contribution in [1.29, 1.82) is 0 Å². The van der Waals surface area contributed by atoms with E-state index in [1.54, 1.807) is 18.2 Å². The highest BCUT2D eigenvalue weighted by atomic mass is 32.2. The fraction of sp³-hybridized carbons (Fsp3) is 0.500. The number of benzene rings is 1. The van der Waals surface area contributed by atoms with Gasteiger partial charge in [-0.2, -0.15) is 4.31 Å². The lowest BCUT2D eigenvalue weighted by molar-refractivity contribution is 0.430. The summed E-state index contributed by atoms with van der Waals surface area (Å²) in [5.41, 5.74) is 0.963. The van der Waals surface area contributed by atoms with Crippen molar-refractivity contribution in [3.63, 3.8) is 0 Å². The number of nitrogens with one attached hydrogen (secondary N) is 1. The van der Waals surface area contributed by atoms with Crippen molar-refractivity contribution in [2.75, 3.05) is 19.6 Å². The van der Waals surface area contributed by atoms with Crippen LogP contribution in [0.4, 0.5) is 0 Å². The average Bonchev–Trinajstić information content (AvgIpc) is 3.29. The molecule has 114 valence electrons. The molecule has 1 saturated carbocycles. The Labute approximate surface area is 127 Å². The first kappa shape index (κ1) is 16.0. The molecule has 0 aromatic heterocycles. The lowest BCUT2D eigenvalue weighted by Gasteiger charge is -2.20. The molecular formula is C16H22N2O2S. The van der Waals surface area contributed by atoms with Crippen molar-refractivity contribution in [1.82, 2.24) is 9.62 Å². The number of hydrogen-bond donors (Lipinski definition) is 1. The number of hydrogen-bond acceptors (Lipinski definition) is 3. The Kier molecular flexibility index (Phi) is 5.40. The Bertz CT molecular complexity index is 615. The molecule has 1 N–H and O–H groups in total. The largest absolute Gasteiger partial charge is 0.313 e. The molecule has 0 saturated heterocycles. The third-order valence-corrected chi connectivity index (χ3v) is 5.35. The van der Waals surface area contributed by atoms with E-state index in [0.29, 0.717) is 23.9 Å². The molecule has 0 spiro atoms. The van der Waals surface area contributed by atoms with Crippen LogP contribution in [0.3, 0.4) is 0 Å². The van der Waals surface area contributed by atoms with Gasteiger partial charge in [-0.05, 0) is 43.0 Å². The fourth-order valence-electron chi connectivity index (χ4n) is 2.17. The summed E-state index contributed by atoms with van der Waals surface area (Å²) in [4.78, 5) is 0.328. The zero-order valence-corrected chi connectivity index (χ0v) is 13.2. The lowest BCUT2D eigenvalue weighted by atomic mass is 10.2. The Morgan fingerprint density at radius 2 is 2.19 bits per heavy atom. The molecule has 0 heterocycles. The first-order chi connectivity index (χ1) is 10.1. The van der Waals surface area contributed by atoms with Gasteiger partial charge in [0, 0.05) is 13.1 Å². The minimum Gasteiger partial charge on any atom is -0.313 e. The maximum Gasteiger partial charge on any atom is 0.243 e. The van der Waals surface area contributed by atoms with E-state index in [1.165, 1.54) is 4.31 Å². The van der Waals surface area contributed by atoms with Gasteiger partial charge < -0.3 is 5.32 Å². The monoisotopic (exact) mass is 306 g/mol. The first-order valence-corrected chi connectivity index (χ1v) is 8.75. The van der Waals surface area contributed by atoms with Crippen LogP contribution in [0.5, 0.6) is 0 Å². The van der Waals surface area contributed by atoms with E-state index in [-0.39, 0.29) is 6.54 Å². The van der Waals surface area contributed by atoms with E-state index < -0.39 is 10.0 Å². The van der Waals surface area contributed by atoms with Crippen LogP contribution in [-0.4, -0.2) is 32.4 Å². The summed E-state index contributed by atoms with van der Waals surface area (Å²) in [5, 5.41) is 3.20. The van der Waals surface area contributed by atoms with Gasteiger partial charge in [-0.3, -0.25) is 0 Å². The van der Waals surface area contributed by atoms with Crippen LogP contribution >= 0.6 is 0 Å². The van der Waals surface area contributed by atoms with Gasteiger partial charge in [0.2, 0.25) is 10.0 Å². The molecule has 1 aromatic rings. The SMILES string of the molecule is C#CCN(CC1CC1)S(=O)(=O)c1cccc(CNCC)c1. The fourth-order valence-corrected chi connectivity index (χ4v) is 3.67. The lowest BCUT2D eigenvalue weighted by Crippen LogP contribution is -2.33. The highest BCUT2D eigenvalue weighted by molar-refractivity contribution is 7.89. The minimum atomic E-state index is -3.50. The zero-order valence-electron chi connectivity index (χ0n) is 12.4. The van der Waals surface area contributed by atoms with E-state index in [0.717, 1.165) is 24.9 Å². The molecule has 1 fully saturated rings. The smallest absolute Gasteiger partial charge is 0.243 e. The Morgan fingerprint density at radius 3 is 2.81 bits per heavy atom. The molecule has 21 heavy (non-hydrogen) atoms. The van der Waals surface area contributed by atoms with Gasteiger partial charge in [-0.1, -0.05) is 25.0 Å². The van der Waals surface area contributed by atoms with Crippen LogP contribution in [0, 0.1) is 18.3 Å². The zero-order chi connectivity index (χ0) is 15.3. The topological polar surface area (TPSA) is 49.4 Å². The van der Waals surface area contributed by atoms with E-state index >= 15 is 0 Å². The molecule has 4 nitrogen and oxygen atoms in total. The first-order valence-electron chi connectivity index (χ1n) is 7.31. The molecule has 0 atom stereocenters. The highest BCUT2D eigenvalue weighted by Crippen LogP contribution is 2.31. The van der Waals surface area contributed by atoms with E-state index in [2.05, 4.69) is 11.2 Å².